The molecule has 0 amide bonds. The first-order chi connectivity index (χ1) is 14.6. The summed E-state index contributed by atoms with van der Waals surface area (Å²) in [5.74, 6) is -0.0598. The molecule has 2 fully saturated rings. The number of ether oxygens (including phenoxy) is 2. The Kier molecular flexibility index (Phi) is 7.17. The minimum Gasteiger partial charge on any atom is -0.387 e. The second-order valence-electron chi connectivity index (χ2n) is 6.81. The molecule has 17 nitrogen and oxygen atoms in total. The Bertz CT molecular complexity index is 1050. The maximum atomic E-state index is 12.3. The molecule has 0 saturated carbocycles. The van der Waals surface area contributed by atoms with Crippen LogP contribution < -0.4 is 11.4 Å². The zero-order chi connectivity index (χ0) is 23.9. The summed E-state index contributed by atoms with van der Waals surface area (Å²) in [5.41, 5.74) is 3.22. The Balaban J connectivity index is 1.76. The Morgan fingerprint density at radius 3 is 2.47 bits per heavy atom. The summed E-state index contributed by atoms with van der Waals surface area (Å²) in [6.45, 7) is -0.694. The Hall–Kier alpha value is -1.03. The Morgan fingerprint density at radius 2 is 1.91 bits per heavy atom. The molecular weight excluding hydrogens is 503 g/mol. The summed E-state index contributed by atoms with van der Waals surface area (Å²) in [6.07, 6.45) is -2.12. The number of nitrogens with two attached hydrogens (primary N) is 1. The van der Waals surface area contributed by atoms with Crippen molar-refractivity contribution in [2.24, 2.45) is 0 Å². The standard InChI is InChI=1S/C12H20N3O14P3/c13-8-2-4-15(11(17)14-8)10-12(3-1-5-25-12)9(16)7(27-10)6-26-31(21,22)29-32(23,24)28-30(18,19)20/h2,4,7,9-10,16H,1,3,5-6H2,(H,21,22)(H,23,24)(H2,13,14,17)(H2,18,19,20)/t7-,9-,10-,12+/m1/s1. The Morgan fingerprint density at radius 1 is 1.22 bits per heavy atom. The number of nitrogens with zero attached hydrogens (tertiary/aromatic N) is 2. The number of rotatable bonds is 8. The van der Waals surface area contributed by atoms with Gasteiger partial charge in [0.15, 0.2) is 6.23 Å². The molecule has 0 bridgehead atoms. The molecule has 0 radical (unpaired) electrons. The number of aromatic nitrogens is 2. The van der Waals surface area contributed by atoms with E-state index in [4.69, 9.17) is 25.0 Å². The largest absolute Gasteiger partial charge is 0.490 e. The fourth-order valence-corrected chi connectivity index (χ4v) is 6.46. The van der Waals surface area contributed by atoms with Crippen molar-refractivity contribution in [2.45, 2.75) is 36.9 Å². The van der Waals surface area contributed by atoms with E-state index in [1.165, 1.54) is 12.3 Å². The third-order valence-electron chi connectivity index (χ3n) is 4.58. The first-order valence-corrected chi connectivity index (χ1v) is 13.3. The third kappa shape index (κ3) is 5.72. The van der Waals surface area contributed by atoms with Crippen molar-refractivity contribution in [3.05, 3.63) is 22.7 Å². The van der Waals surface area contributed by atoms with Gasteiger partial charge in [0.1, 0.15) is 23.6 Å². The third-order valence-corrected chi connectivity index (χ3v) is 8.38. The topological polar surface area (TPSA) is 259 Å². The van der Waals surface area contributed by atoms with Gasteiger partial charge in [-0.25, -0.2) is 18.5 Å². The smallest absolute Gasteiger partial charge is 0.387 e. The molecule has 3 heterocycles. The number of hydrogen-bond donors (Lipinski definition) is 6. The van der Waals surface area contributed by atoms with Crippen LogP contribution in [0.15, 0.2) is 17.1 Å². The molecule has 182 valence electrons. The van der Waals surface area contributed by atoms with Gasteiger partial charge in [0.05, 0.1) is 6.61 Å². The first kappa shape index (κ1) is 25.6. The van der Waals surface area contributed by atoms with Gasteiger partial charge in [-0.15, -0.1) is 0 Å². The van der Waals surface area contributed by atoms with Crippen molar-refractivity contribution in [3.8, 4) is 0 Å². The molecule has 2 aliphatic rings. The van der Waals surface area contributed by atoms with Crippen molar-refractivity contribution in [2.75, 3.05) is 18.9 Å². The number of hydrogen-bond acceptors (Lipinski definition) is 12. The van der Waals surface area contributed by atoms with Crippen LogP contribution in [-0.4, -0.2) is 65.3 Å². The lowest BCUT2D eigenvalue weighted by Crippen LogP contribution is -2.48. The fraction of sp³-hybridized carbons (Fsp3) is 0.667. The molecule has 1 aromatic rings. The maximum Gasteiger partial charge on any atom is 0.490 e. The van der Waals surface area contributed by atoms with Gasteiger partial charge in [0.2, 0.25) is 0 Å². The number of phosphoric ester groups is 1. The zero-order valence-electron chi connectivity index (χ0n) is 15.9. The molecule has 0 aromatic carbocycles. The number of nitrogen functional groups attached to an aromatic ring is 1. The van der Waals surface area contributed by atoms with Gasteiger partial charge in [-0.3, -0.25) is 9.09 Å². The second-order valence-corrected chi connectivity index (χ2v) is 11.2. The highest BCUT2D eigenvalue weighted by molar-refractivity contribution is 7.66. The molecule has 2 saturated heterocycles. The average molecular weight is 523 g/mol. The van der Waals surface area contributed by atoms with E-state index in [2.05, 4.69) is 18.1 Å². The zero-order valence-corrected chi connectivity index (χ0v) is 18.6. The molecular formula is C12H20N3O14P3. The number of anilines is 1. The van der Waals surface area contributed by atoms with Crippen molar-refractivity contribution >= 4 is 29.3 Å². The molecule has 1 spiro atoms. The Labute approximate surface area is 179 Å². The van der Waals surface area contributed by atoms with E-state index in [-0.39, 0.29) is 18.8 Å². The van der Waals surface area contributed by atoms with Crippen LogP contribution in [0.25, 0.3) is 0 Å². The van der Waals surface area contributed by atoms with Crippen LogP contribution in [0.4, 0.5) is 5.82 Å². The SMILES string of the molecule is Nc1ccn([C@@H]2O[C@H](COP(=O)(O)OP(=O)(O)OP(=O)(O)O)[C@@H](O)[C@@]23CCCO3)c(=O)n1. The molecule has 32 heavy (non-hydrogen) atoms. The summed E-state index contributed by atoms with van der Waals surface area (Å²) in [6, 6.07) is 1.30. The van der Waals surface area contributed by atoms with Gasteiger partial charge >= 0.3 is 29.2 Å². The second kappa shape index (κ2) is 8.96. The van der Waals surface area contributed by atoms with Gasteiger partial charge in [-0.1, -0.05) is 0 Å². The van der Waals surface area contributed by atoms with Crippen LogP contribution in [0.1, 0.15) is 19.1 Å². The fourth-order valence-electron chi connectivity index (χ4n) is 3.43. The minimum atomic E-state index is -5.71. The van der Waals surface area contributed by atoms with Crippen LogP contribution in [-0.2, 0) is 36.3 Å². The predicted molar refractivity (Wildman–Crippen MR) is 101 cm³/mol. The average Bonchev–Trinajstić information content (AvgIpc) is 3.19. The number of aliphatic hydroxyl groups is 1. The molecule has 2 aliphatic heterocycles. The summed E-state index contributed by atoms with van der Waals surface area (Å²) in [4.78, 5) is 51.7. The lowest BCUT2D eigenvalue weighted by atomic mass is 9.91. The molecule has 6 atom stereocenters. The highest BCUT2D eigenvalue weighted by atomic mass is 31.3. The first-order valence-electron chi connectivity index (χ1n) is 8.75. The number of phosphoric acid groups is 3. The lowest BCUT2D eigenvalue weighted by molar-refractivity contribution is -0.121. The summed E-state index contributed by atoms with van der Waals surface area (Å²) >= 11 is 0. The van der Waals surface area contributed by atoms with E-state index >= 15 is 0 Å². The predicted octanol–water partition coefficient (Wildman–Crippen LogP) is -1.02. The molecule has 20 heteroatoms. The van der Waals surface area contributed by atoms with Crippen molar-refractivity contribution in [3.63, 3.8) is 0 Å². The van der Waals surface area contributed by atoms with Gasteiger partial charge in [0, 0.05) is 12.8 Å². The van der Waals surface area contributed by atoms with Gasteiger partial charge in [-0.05, 0) is 18.9 Å². The van der Waals surface area contributed by atoms with E-state index in [1.54, 1.807) is 0 Å². The van der Waals surface area contributed by atoms with E-state index < -0.39 is 59.8 Å². The van der Waals surface area contributed by atoms with Gasteiger partial charge < -0.3 is 39.9 Å². The monoisotopic (exact) mass is 523 g/mol. The normalized spacial score (nSPS) is 32.1. The van der Waals surface area contributed by atoms with Crippen molar-refractivity contribution in [1.29, 1.82) is 0 Å². The molecule has 1 aromatic heterocycles. The molecule has 7 N–H and O–H groups in total. The molecule has 0 aliphatic carbocycles. The molecule has 2 unspecified atom stereocenters. The van der Waals surface area contributed by atoms with E-state index in [1.807, 2.05) is 0 Å². The molecule has 3 rings (SSSR count). The maximum absolute atomic E-state index is 12.3. The van der Waals surface area contributed by atoms with E-state index in [9.17, 15) is 33.4 Å². The van der Waals surface area contributed by atoms with Crippen LogP contribution in [0, 0.1) is 0 Å². The highest BCUT2D eigenvalue weighted by Gasteiger charge is 2.60. The van der Waals surface area contributed by atoms with Crippen LogP contribution in [0.2, 0.25) is 0 Å². The highest BCUT2D eigenvalue weighted by Crippen LogP contribution is 2.66. The summed E-state index contributed by atoms with van der Waals surface area (Å²) in [7, 11) is -16.7. The number of aliphatic hydroxyl groups excluding tert-OH is 1. The van der Waals surface area contributed by atoms with E-state index in [0.717, 1.165) is 4.57 Å². The summed E-state index contributed by atoms with van der Waals surface area (Å²) < 4.78 is 58.1. The minimum absolute atomic E-state index is 0.0598. The van der Waals surface area contributed by atoms with Crippen molar-refractivity contribution in [1.82, 2.24) is 9.55 Å². The van der Waals surface area contributed by atoms with Gasteiger partial charge in [0.25, 0.3) is 0 Å². The van der Waals surface area contributed by atoms with E-state index in [0.29, 0.717) is 6.42 Å². The van der Waals surface area contributed by atoms with Crippen LogP contribution in [0.3, 0.4) is 0 Å². The lowest BCUT2D eigenvalue weighted by Gasteiger charge is -2.31. The summed E-state index contributed by atoms with van der Waals surface area (Å²) in [5, 5.41) is 10.8. The van der Waals surface area contributed by atoms with Gasteiger partial charge in [-0.2, -0.15) is 13.6 Å². The quantitative estimate of drug-likeness (QED) is 0.223. The van der Waals surface area contributed by atoms with Crippen molar-refractivity contribution < 1.29 is 61.0 Å². The van der Waals surface area contributed by atoms with Crippen LogP contribution >= 0.6 is 23.5 Å². The van der Waals surface area contributed by atoms with Crippen LogP contribution in [0.5, 0.6) is 0 Å².